The summed E-state index contributed by atoms with van der Waals surface area (Å²) in [6, 6.07) is 30.6. The van der Waals surface area contributed by atoms with Gasteiger partial charge in [0.05, 0.1) is 0 Å². The van der Waals surface area contributed by atoms with Gasteiger partial charge in [0.1, 0.15) is 0 Å². The highest BCUT2D eigenvalue weighted by atomic mass is 33.5. The molecule has 0 aliphatic carbocycles. The van der Waals surface area contributed by atoms with Gasteiger partial charge in [0, 0.05) is 20.9 Å². The molecule has 0 fully saturated rings. The second-order valence-corrected chi connectivity index (χ2v) is 12.2. The van der Waals surface area contributed by atoms with E-state index in [0.29, 0.717) is 0 Å². The smallest absolute Gasteiger partial charge is 0.0360 e. The van der Waals surface area contributed by atoms with Crippen LogP contribution in [0.3, 0.4) is 0 Å². The lowest BCUT2D eigenvalue weighted by molar-refractivity contribution is 1.46. The van der Waals surface area contributed by atoms with Crippen LogP contribution in [-0.4, -0.2) is 4.86 Å². The zero-order chi connectivity index (χ0) is 18.2. The SMILES string of the molecule is Cc1ccc(C2=CSS3=C2C(c2ccccc2)=C(c2ccccc2)S3)cc1. The van der Waals surface area contributed by atoms with Crippen molar-refractivity contribution in [2.75, 3.05) is 0 Å². The van der Waals surface area contributed by atoms with E-state index in [2.05, 4.69) is 97.3 Å². The minimum atomic E-state index is 0.118. The van der Waals surface area contributed by atoms with Gasteiger partial charge in [-0.1, -0.05) is 121 Å². The van der Waals surface area contributed by atoms with E-state index in [0.717, 1.165) is 0 Å². The zero-order valence-corrected chi connectivity index (χ0v) is 17.3. The van der Waals surface area contributed by atoms with E-state index in [4.69, 9.17) is 0 Å². The van der Waals surface area contributed by atoms with Crippen molar-refractivity contribution in [2.45, 2.75) is 6.92 Å². The first-order valence-electron chi connectivity index (χ1n) is 8.91. The summed E-state index contributed by atoms with van der Waals surface area (Å²) < 4.78 is 0. The highest BCUT2D eigenvalue weighted by molar-refractivity contribution is 9.18. The molecule has 27 heavy (non-hydrogen) atoms. The fourth-order valence-corrected chi connectivity index (χ4v) is 10.1. The molecule has 0 aromatic heterocycles. The molecule has 0 nitrogen and oxygen atoms in total. The first kappa shape index (κ1) is 17.2. The molecule has 132 valence electrons. The molecule has 0 spiro atoms. The van der Waals surface area contributed by atoms with Crippen molar-refractivity contribution in [1.29, 1.82) is 0 Å². The van der Waals surface area contributed by atoms with Crippen LogP contribution in [0.1, 0.15) is 22.3 Å². The Morgan fingerprint density at radius 2 is 1.30 bits per heavy atom. The molecule has 0 radical (unpaired) electrons. The Morgan fingerprint density at radius 3 is 1.96 bits per heavy atom. The van der Waals surface area contributed by atoms with Gasteiger partial charge in [-0.05, 0) is 29.0 Å². The maximum atomic E-state index is 2.36. The molecule has 0 amide bonds. The first-order valence-corrected chi connectivity index (χ1v) is 12.9. The van der Waals surface area contributed by atoms with Crippen molar-refractivity contribution in [3.05, 3.63) is 113 Å². The largest absolute Gasteiger partial charge is 0.0622 e. The molecule has 0 bridgehead atoms. The quantitative estimate of drug-likeness (QED) is 0.326. The molecule has 0 saturated carbocycles. The van der Waals surface area contributed by atoms with E-state index in [9.17, 15) is 0 Å². The van der Waals surface area contributed by atoms with Gasteiger partial charge in [0.2, 0.25) is 0 Å². The molecule has 3 heteroatoms. The number of hydrogen-bond donors (Lipinski definition) is 0. The fraction of sp³-hybridized carbons (Fsp3) is 0.0417. The van der Waals surface area contributed by atoms with Crippen molar-refractivity contribution in [1.82, 2.24) is 0 Å². The summed E-state index contributed by atoms with van der Waals surface area (Å²) in [5.74, 6) is 0. The molecule has 2 aliphatic heterocycles. The van der Waals surface area contributed by atoms with Crippen LogP contribution in [-0.2, 0) is 0 Å². The van der Waals surface area contributed by atoms with Gasteiger partial charge in [0.25, 0.3) is 0 Å². The lowest BCUT2D eigenvalue weighted by Crippen LogP contribution is -2.02. The third-order valence-corrected chi connectivity index (χ3v) is 10.8. The molecular weight excluding hydrogens is 384 g/mol. The molecule has 0 N–H and O–H groups in total. The lowest BCUT2D eigenvalue weighted by atomic mass is 9.92. The normalized spacial score (nSPS) is 18.6. The minimum Gasteiger partial charge on any atom is -0.0622 e. The lowest BCUT2D eigenvalue weighted by Gasteiger charge is -2.13. The van der Waals surface area contributed by atoms with E-state index in [1.165, 1.54) is 43.2 Å². The van der Waals surface area contributed by atoms with E-state index in [1.54, 1.807) is 0 Å². The van der Waals surface area contributed by atoms with E-state index in [-0.39, 0.29) is 8.55 Å². The van der Waals surface area contributed by atoms with Crippen LogP contribution in [0, 0.1) is 6.92 Å². The summed E-state index contributed by atoms with van der Waals surface area (Å²) in [6.45, 7) is 2.15. The van der Waals surface area contributed by atoms with Crippen LogP contribution < -0.4 is 0 Å². The Morgan fingerprint density at radius 1 is 0.667 bits per heavy atom. The van der Waals surface area contributed by atoms with Crippen LogP contribution in [0.5, 0.6) is 0 Å². The predicted molar refractivity (Wildman–Crippen MR) is 127 cm³/mol. The van der Waals surface area contributed by atoms with Gasteiger partial charge in [-0.2, -0.15) is 0 Å². The maximum absolute atomic E-state index is 2.36. The Labute approximate surface area is 170 Å². The summed E-state index contributed by atoms with van der Waals surface area (Å²) in [7, 11) is 4.11. The predicted octanol–water partition coefficient (Wildman–Crippen LogP) is 7.67. The second kappa shape index (κ2) is 7.23. The van der Waals surface area contributed by atoms with Crippen molar-refractivity contribution in [2.24, 2.45) is 0 Å². The van der Waals surface area contributed by atoms with Crippen LogP contribution in [0.25, 0.3) is 16.1 Å². The Balaban J connectivity index is 1.69. The molecule has 5 rings (SSSR count). The number of rotatable bonds is 3. The molecule has 1 unspecified atom stereocenters. The van der Waals surface area contributed by atoms with Gasteiger partial charge >= 0.3 is 0 Å². The number of hydrogen-bond acceptors (Lipinski definition) is 2. The molecule has 1 atom stereocenters. The average molecular weight is 403 g/mol. The van der Waals surface area contributed by atoms with Crippen LogP contribution >= 0.6 is 30.1 Å². The highest BCUT2D eigenvalue weighted by Gasteiger charge is 2.33. The van der Waals surface area contributed by atoms with Gasteiger partial charge in [0.15, 0.2) is 0 Å². The molecule has 3 aromatic carbocycles. The monoisotopic (exact) mass is 402 g/mol. The van der Waals surface area contributed by atoms with Crippen LogP contribution in [0.4, 0.5) is 0 Å². The summed E-state index contributed by atoms with van der Waals surface area (Å²) in [5, 5.41) is 2.36. The van der Waals surface area contributed by atoms with Gasteiger partial charge in [-0.3, -0.25) is 0 Å². The van der Waals surface area contributed by atoms with Crippen molar-refractivity contribution >= 4 is 51.1 Å². The summed E-state index contributed by atoms with van der Waals surface area (Å²) in [4.78, 5) is 2.91. The van der Waals surface area contributed by atoms with E-state index >= 15 is 0 Å². The first-order chi connectivity index (χ1) is 13.3. The van der Waals surface area contributed by atoms with Crippen molar-refractivity contribution in [3.8, 4) is 0 Å². The van der Waals surface area contributed by atoms with Crippen molar-refractivity contribution < 1.29 is 0 Å². The number of benzene rings is 3. The molecule has 2 aliphatic rings. The maximum Gasteiger partial charge on any atom is 0.0360 e. The second-order valence-electron chi connectivity index (χ2n) is 6.58. The van der Waals surface area contributed by atoms with Gasteiger partial charge in [-0.25, -0.2) is 0 Å². The van der Waals surface area contributed by atoms with E-state index in [1.807, 2.05) is 21.6 Å². The molecule has 3 aromatic rings. The molecular formula is C24H18S3. The topological polar surface area (TPSA) is 0 Å². The standard InChI is InChI=1S/C24H18S3/c1-17-12-14-18(15-13-17)21-16-25-27-24(21)22(19-8-4-2-5-9-19)23(26-27)20-10-6-3-7-11-20/h2-16H,1H3. The number of allylic oxidation sites excluding steroid dienone is 2. The van der Waals surface area contributed by atoms with Crippen LogP contribution in [0.15, 0.2) is 90.3 Å². The van der Waals surface area contributed by atoms with Gasteiger partial charge < -0.3 is 0 Å². The Bertz CT molecular complexity index is 1090. The Kier molecular flexibility index (Phi) is 4.60. The third-order valence-electron chi connectivity index (χ3n) is 4.74. The average Bonchev–Trinajstić information content (AvgIpc) is 3.29. The molecule has 0 saturated heterocycles. The zero-order valence-electron chi connectivity index (χ0n) is 14.9. The Hall–Kier alpha value is -1.94. The third kappa shape index (κ3) is 3.14. The fourth-order valence-electron chi connectivity index (χ4n) is 3.36. The minimum absolute atomic E-state index is 0.118. The number of aryl methyl sites for hydroxylation is 1. The van der Waals surface area contributed by atoms with Crippen molar-refractivity contribution in [3.63, 3.8) is 0 Å². The summed E-state index contributed by atoms with van der Waals surface area (Å²) in [6.07, 6.45) is 0. The van der Waals surface area contributed by atoms with Gasteiger partial charge in [-0.15, -0.1) is 0 Å². The highest BCUT2D eigenvalue weighted by Crippen LogP contribution is 2.65. The summed E-state index contributed by atoms with van der Waals surface area (Å²) in [5.41, 5.74) is 8.06. The molecule has 2 heterocycles. The summed E-state index contributed by atoms with van der Waals surface area (Å²) >= 11 is 0. The van der Waals surface area contributed by atoms with Crippen LogP contribution in [0.2, 0.25) is 0 Å². The van der Waals surface area contributed by atoms with E-state index < -0.39 is 0 Å².